The second-order valence-electron chi connectivity index (χ2n) is 8.16. The van der Waals surface area contributed by atoms with Crippen LogP contribution in [0.15, 0.2) is 84.0 Å². The fourth-order valence-corrected chi connectivity index (χ4v) is 3.87. The lowest BCUT2D eigenvalue weighted by Gasteiger charge is -2.12. The predicted octanol–water partition coefficient (Wildman–Crippen LogP) is 5.60. The molecule has 1 amide bonds. The molecule has 0 spiro atoms. The zero-order chi connectivity index (χ0) is 23.9. The Morgan fingerprint density at radius 2 is 1.79 bits per heavy atom. The molecule has 0 fully saturated rings. The number of ether oxygens (including phenoxy) is 1. The normalized spacial score (nSPS) is 10.9. The highest BCUT2D eigenvalue weighted by atomic mass is 16.5. The minimum absolute atomic E-state index is 0.186. The summed E-state index contributed by atoms with van der Waals surface area (Å²) in [4.78, 5) is 12.5. The van der Waals surface area contributed by atoms with Gasteiger partial charge in [0.25, 0.3) is 0 Å². The highest BCUT2D eigenvalue weighted by molar-refractivity contribution is 6.02. The van der Waals surface area contributed by atoms with Crippen molar-refractivity contribution >= 4 is 22.9 Å². The summed E-state index contributed by atoms with van der Waals surface area (Å²) in [6, 6.07) is 27.4. The molecule has 0 heterocycles. The standard InChI is InChI=1S/C29H25N3O2/c1-20-11-12-23(21(2)15-20)16-29(33)32-31-18-27-26-10-6-5-7-22(26)13-14-28(27)34-19-25-9-4-3-8-24(25)17-30/h3-15,18H,16,19H2,1-2H3,(H,32,33)/b31-18+. The Balaban J connectivity index is 1.54. The van der Waals surface area contributed by atoms with Crippen LogP contribution in [0.5, 0.6) is 5.75 Å². The number of hydrogen-bond donors (Lipinski definition) is 1. The Morgan fingerprint density at radius 1 is 1.00 bits per heavy atom. The van der Waals surface area contributed by atoms with Crippen LogP contribution in [0.2, 0.25) is 0 Å². The van der Waals surface area contributed by atoms with Gasteiger partial charge in [0.15, 0.2) is 0 Å². The smallest absolute Gasteiger partial charge is 0.244 e. The molecular formula is C29H25N3O2. The number of benzene rings is 4. The summed E-state index contributed by atoms with van der Waals surface area (Å²) in [6.07, 6.45) is 1.88. The van der Waals surface area contributed by atoms with Gasteiger partial charge in [-0.3, -0.25) is 4.79 Å². The molecule has 0 bridgehead atoms. The molecule has 4 aromatic rings. The lowest BCUT2D eigenvalue weighted by Crippen LogP contribution is -2.20. The molecule has 0 aliphatic heterocycles. The van der Waals surface area contributed by atoms with Gasteiger partial charge in [-0.2, -0.15) is 10.4 Å². The molecule has 0 saturated carbocycles. The first-order valence-corrected chi connectivity index (χ1v) is 11.1. The van der Waals surface area contributed by atoms with E-state index in [4.69, 9.17) is 4.74 Å². The SMILES string of the molecule is Cc1ccc(CC(=O)N/N=C/c2c(OCc3ccccc3C#N)ccc3ccccc23)c(C)c1. The van der Waals surface area contributed by atoms with Crippen molar-refractivity contribution in [2.45, 2.75) is 26.9 Å². The topological polar surface area (TPSA) is 74.5 Å². The quantitative estimate of drug-likeness (QED) is 0.296. The summed E-state index contributed by atoms with van der Waals surface area (Å²) >= 11 is 0. The van der Waals surface area contributed by atoms with Crippen LogP contribution in [0.3, 0.4) is 0 Å². The minimum atomic E-state index is -0.186. The first kappa shape index (κ1) is 22.8. The number of nitrogens with one attached hydrogen (secondary N) is 1. The summed E-state index contributed by atoms with van der Waals surface area (Å²) in [6.45, 7) is 4.29. The molecular weight excluding hydrogens is 422 g/mol. The van der Waals surface area contributed by atoms with E-state index in [1.807, 2.05) is 80.6 Å². The van der Waals surface area contributed by atoms with E-state index in [0.717, 1.165) is 33.0 Å². The van der Waals surface area contributed by atoms with Crippen molar-refractivity contribution in [3.63, 3.8) is 0 Å². The van der Waals surface area contributed by atoms with Gasteiger partial charge in [0, 0.05) is 11.1 Å². The molecule has 0 saturated heterocycles. The van der Waals surface area contributed by atoms with E-state index in [9.17, 15) is 10.1 Å². The summed E-state index contributed by atoms with van der Waals surface area (Å²) < 4.78 is 6.10. The highest BCUT2D eigenvalue weighted by Gasteiger charge is 2.10. The number of amides is 1. The molecule has 5 heteroatoms. The van der Waals surface area contributed by atoms with Crippen LogP contribution in [0.4, 0.5) is 0 Å². The summed E-state index contributed by atoms with van der Waals surface area (Å²) in [5.41, 5.74) is 8.02. The fraction of sp³-hybridized carbons (Fsp3) is 0.138. The molecule has 0 unspecified atom stereocenters. The second-order valence-corrected chi connectivity index (χ2v) is 8.16. The largest absolute Gasteiger partial charge is 0.488 e. The summed E-state index contributed by atoms with van der Waals surface area (Å²) in [5, 5.41) is 15.6. The maximum absolute atomic E-state index is 12.5. The fourth-order valence-electron chi connectivity index (χ4n) is 3.87. The first-order valence-electron chi connectivity index (χ1n) is 11.1. The van der Waals surface area contributed by atoms with Gasteiger partial charge in [0.2, 0.25) is 5.91 Å². The number of carbonyl (C=O) groups excluding carboxylic acids is 1. The van der Waals surface area contributed by atoms with Crippen LogP contribution < -0.4 is 10.2 Å². The van der Waals surface area contributed by atoms with Crippen molar-refractivity contribution in [3.8, 4) is 11.8 Å². The van der Waals surface area contributed by atoms with Crippen molar-refractivity contribution in [1.29, 1.82) is 5.26 Å². The number of hydrogen-bond acceptors (Lipinski definition) is 4. The number of aryl methyl sites for hydroxylation is 2. The molecule has 0 aliphatic rings. The van der Waals surface area contributed by atoms with Crippen LogP contribution >= 0.6 is 0 Å². The van der Waals surface area contributed by atoms with Crippen LogP contribution in [-0.2, 0) is 17.8 Å². The maximum atomic E-state index is 12.5. The van der Waals surface area contributed by atoms with Crippen molar-refractivity contribution in [2.24, 2.45) is 5.10 Å². The zero-order valence-electron chi connectivity index (χ0n) is 19.2. The van der Waals surface area contributed by atoms with Crippen LogP contribution in [-0.4, -0.2) is 12.1 Å². The number of nitrogens with zero attached hydrogens (tertiary/aromatic N) is 2. The molecule has 0 atom stereocenters. The van der Waals surface area contributed by atoms with Crippen LogP contribution in [0, 0.1) is 25.2 Å². The Labute approximate surface area is 199 Å². The first-order chi connectivity index (χ1) is 16.5. The van der Waals surface area contributed by atoms with Gasteiger partial charge in [-0.25, -0.2) is 5.43 Å². The van der Waals surface area contributed by atoms with Crippen molar-refractivity contribution in [3.05, 3.63) is 112 Å². The lowest BCUT2D eigenvalue weighted by atomic mass is 10.0. The van der Waals surface area contributed by atoms with Crippen molar-refractivity contribution < 1.29 is 9.53 Å². The molecule has 0 radical (unpaired) electrons. The molecule has 5 nitrogen and oxygen atoms in total. The third kappa shape index (κ3) is 5.31. The molecule has 34 heavy (non-hydrogen) atoms. The second kappa shape index (κ2) is 10.5. The van der Waals surface area contributed by atoms with Gasteiger partial charge in [0.1, 0.15) is 12.4 Å². The van der Waals surface area contributed by atoms with E-state index in [-0.39, 0.29) is 18.9 Å². The van der Waals surface area contributed by atoms with E-state index < -0.39 is 0 Å². The highest BCUT2D eigenvalue weighted by Crippen LogP contribution is 2.27. The average Bonchev–Trinajstić information content (AvgIpc) is 2.85. The number of fused-ring (bicyclic) bond motifs is 1. The summed E-state index contributed by atoms with van der Waals surface area (Å²) in [7, 11) is 0. The van der Waals surface area contributed by atoms with Crippen molar-refractivity contribution in [2.75, 3.05) is 0 Å². The van der Waals surface area contributed by atoms with Gasteiger partial charge in [-0.05, 0) is 47.9 Å². The van der Waals surface area contributed by atoms with Crippen LogP contribution in [0.1, 0.15) is 33.4 Å². The van der Waals surface area contributed by atoms with Gasteiger partial charge >= 0.3 is 0 Å². The van der Waals surface area contributed by atoms with Gasteiger partial charge < -0.3 is 4.74 Å². The molecule has 0 aliphatic carbocycles. The number of rotatable bonds is 7. The molecule has 168 valence electrons. The zero-order valence-corrected chi connectivity index (χ0v) is 19.2. The van der Waals surface area contributed by atoms with Crippen LogP contribution in [0.25, 0.3) is 10.8 Å². The van der Waals surface area contributed by atoms with E-state index in [1.54, 1.807) is 12.3 Å². The van der Waals surface area contributed by atoms with Gasteiger partial charge in [-0.15, -0.1) is 0 Å². The maximum Gasteiger partial charge on any atom is 0.244 e. The predicted molar refractivity (Wildman–Crippen MR) is 135 cm³/mol. The molecule has 0 aromatic heterocycles. The molecule has 1 N–H and O–H groups in total. The Bertz CT molecular complexity index is 1420. The van der Waals surface area contributed by atoms with E-state index in [2.05, 4.69) is 22.7 Å². The lowest BCUT2D eigenvalue weighted by molar-refractivity contribution is -0.120. The van der Waals surface area contributed by atoms with E-state index in [1.165, 1.54) is 5.56 Å². The van der Waals surface area contributed by atoms with E-state index >= 15 is 0 Å². The number of hydrazone groups is 1. The average molecular weight is 448 g/mol. The third-order valence-corrected chi connectivity index (χ3v) is 5.68. The minimum Gasteiger partial charge on any atom is -0.488 e. The van der Waals surface area contributed by atoms with Crippen molar-refractivity contribution in [1.82, 2.24) is 5.43 Å². The monoisotopic (exact) mass is 447 g/mol. The Kier molecular flexibility index (Phi) is 7.00. The molecule has 4 aromatic carbocycles. The summed E-state index contributed by atoms with van der Waals surface area (Å²) in [5.74, 6) is 0.438. The third-order valence-electron chi connectivity index (χ3n) is 5.68. The van der Waals surface area contributed by atoms with Gasteiger partial charge in [-0.1, -0.05) is 72.3 Å². The Hall–Kier alpha value is -4.43. The van der Waals surface area contributed by atoms with E-state index in [0.29, 0.717) is 11.3 Å². The molecule has 4 rings (SSSR count). The Morgan fingerprint density at radius 3 is 2.62 bits per heavy atom. The number of nitriles is 1. The number of carbonyl (C=O) groups is 1. The van der Waals surface area contributed by atoms with Gasteiger partial charge in [0.05, 0.1) is 24.3 Å².